The van der Waals surface area contributed by atoms with Gasteiger partial charge in [-0.3, -0.25) is 4.99 Å². The highest BCUT2D eigenvalue weighted by Gasteiger charge is 2.14. The van der Waals surface area contributed by atoms with Crippen molar-refractivity contribution in [2.45, 2.75) is 33.2 Å². The van der Waals surface area contributed by atoms with Crippen LogP contribution in [0.1, 0.15) is 30.9 Å². The van der Waals surface area contributed by atoms with Crippen LogP contribution in [-0.2, 0) is 6.54 Å². The molecule has 0 aliphatic carbocycles. The van der Waals surface area contributed by atoms with E-state index in [9.17, 15) is 4.39 Å². The van der Waals surface area contributed by atoms with Crippen LogP contribution in [0.5, 0.6) is 0 Å². The van der Waals surface area contributed by atoms with Crippen LogP contribution in [0.25, 0.3) is 0 Å². The van der Waals surface area contributed by atoms with Crippen LogP contribution >= 0.6 is 24.0 Å². The lowest BCUT2D eigenvalue weighted by atomic mass is 10.1. The maximum absolute atomic E-state index is 13.6. The van der Waals surface area contributed by atoms with Crippen molar-refractivity contribution in [2.75, 3.05) is 33.2 Å². The fourth-order valence-electron chi connectivity index (χ4n) is 2.89. The Kier molecular flexibility index (Phi) is 9.58. The molecule has 1 aromatic rings. The van der Waals surface area contributed by atoms with Crippen LogP contribution in [0.2, 0.25) is 0 Å². The number of rotatable bonds is 6. The first kappa shape index (κ1) is 21.2. The average molecular weight is 448 g/mol. The largest absolute Gasteiger partial charge is 0.356 e. The molecule has 4 nitrogen and oxygen atoms in total. The van der Waals surface area contributed by atoms with Gasteiger partial charge in [0.05, 0.1) is 0 Å². The average Bonchev–Trinajstić information content (AvgIpc) is 3.03. The van der Waals surface area contributed by atoms with Gasteiger partial charge in [-0.05, 0) is 56.0 Å². The lowest BCUT2D eigenvalue weighted by Crippen LogP contribution is -2.41. The molecule has 0 spiro atoms. The van der Waals surface area contributed by atoms with Crippen molar-refractivity contribution in [3.05, 3.63) is 35.1 Å². The normalized spacial score (nSPS) is 16.6. The molecule has 1 heterocycles. The van der Waals surface area contributed by atoms with E-state index in [1.807, 2.05) is 6.07 Å². The SMILES string of the molecule is CN=C(NCc1ccc(C)c(F)c1)NCC(C)CN1CCCC1.I. The molecule has 1 aliphatic heterocycles. The molecule has 0 radical (unpaired) electrons. The van der Waals surface area contributed by atoms with Gasteiger partial charge < -0.3 is 15.5 Å². The summed E-state index contributed by atoms with van der Waals surface area (Å²) >= 11 is 0. The number of nitrogens with one attached hydrogen (secondary N) is 2. The minimum absolute atomic E-state index is 0. The van der Waals surface area contributed by atoms with Gasteiger partial charge in [0.25, 0.3) is 0 Å². The second kappa shape index (κ2) is 10.9. The van der Waals surface area contributed by atoms with Crippen molar-refractivity contribution in [1.29, 1.82) is 0 Å². The van der Waals surface area contributed by atoms with Crippen molar-refractivity contribution < 1.29 is 4.39 Å². The van der Waals surface area contributed by atoms with E-state index >= 15 is 0 Å². The van der Waals surface area contributed by atoms with E-state index in [0.717, 1.165) is 24.6 Å². The standard InChI is InChI=1S/C18H29FN4.HI/c1-14(13-23-8-4-5-9-23)11-21-18(20-3)22-12-16-7-6-15(2)17(19)10-16;/h6-7,10,14H,4-5,8-9,11-13H2,1-3H3,(H2,20,21,22);1H. The van der Waals surface area contributed by atoms with Crippen LogP contribution in [0, 0.1) is 18.7 Å². The first-order chi connectivity index (χ1) is 11.1. The third-order valence-corrected chi connectivity index (χ3v) is 4.31. The van der Waals surface area contributed by atoms with Crippen molar-refractivity contribution >= 4 is 29.9 Å². The summed E-state index contributed by atoms with van der Waals surface area (Å²) in [6.45, 7) is 9.08. The van der Waals surface area contributed by atoms with E-state index in [0.29, 0.717) is 18.0 Å². The van der Waals surface area contributed by atoms with Crippen LogP contribution < -0.4 is 10.6 Å². The van der Waals surface area contributed by atoms with Crippen molar-refractivity contribution in [3.8, 4) is 0 Å². The summed E-state index contributed by atoms with van der Waals surface area (Å²) in [5.74, 6) is 1.18. The van der Waals surface area contributed by atoms with E-state index in [2.05, 4.69) is 27.4 Å². The molecule has 2 N–H and O–H groups in total. The lowest BCUT2D eigenvalue weighted by Gasteiger charge is -2.21. The zero-order valence-corrected chi connectivity index (χ0v) is 17.3. The summed E-state index contributed by atoms with van der Waals surface area (Å²) < 4.78 is 13.6. The number of benzene rings is 1. The van der Waals surface area contributed by atoms with E-state index < -0.39 is 0 Å². The van der Waals surface area contributed by atoms with Crippen LogP contribution in [-0.4, -0.2) is 44.1 Å². The van der Waals surface area contributed by atoms with Crippen molar-refractivity contribution in [2.24, 2.45) is 10.9 Å². The summed E-state index contributed by atoms with van der Waals surface area (Å²) in [4.78, 5) is 6.76. The zero-order chi connectivity index (χ0) is 16.7. The topological polar surface area (TPSA) is 39.7 Å². The van der Waals surface area contributed by atoms with Gasteiger partial charge in [-0.15, -0.1) is 24.0 Å². The minimum atomic E-state index is -0.161. The Balaban J connectivity index is 0.00000288. The number of aliphatic imine (C=N–C) groups is 1. The molecule has 1 atom stereocenters. The van der Waals surface area contributed by atoms with E-state index in [-0.39, 0.29) is 29.8 Å². The summed E-state index contributed by atoms with van der Waals surface area (Å²) in [6, 6.07) is 5.32. The van der Waals surface area contributed by atoms with E-state index in [1.165, 1.54) is 25.9 Å². The van der Waals surface area contributed by atoms with Crippen molar-refractivity contribution in [1.82, 2.24) is 15.5 Å². The maximum atomic E-state index is 13.6. The Labute approximate surface area is 162 Å². The maximum Gasteiger partial charge on any atom is 0.191 e. The number of hydrogen-bond donors (Lipinski definition) is 2. The second-order valence-electron chi connectivity index (χ2n) is 6.50. The summed E-state index contributed by atoms with van der Waals surface area (Å²) in [6.07, 6.45) is 2.66. The van der Waals surface area contributed by atoms with Crippen molar-refractivity contribution in [3.63, 3.8) is 0 Å². The van der Waals surface area contributed by atoms with E-state index in [1.54, 1.807) is 26.1 Å². The molecule has 2 rings (SSSR count). The highest BCUT2D eigenvalue weighted by atomic mass is 127. The summed E-state index contributed by atoms with van der Waals surface area (Å²) in [7, 11) is 1.76. The molecular formula is C18H30FIN4. The Morgan fingerprint density at radius 2 is 2.00 bits per heavy atom. The van der Waals surface area contributed by atoms with Gasteiger partial charge in [0.1, 0.15) is 5.82 Å². The summed E-state index contributed by atoms with van der Waals surface area (Å²) in [5.41, 5.74) is 1.59. The number of guanidine groups is 1. The first-order valence-corrected chi connectivity index (χ1v) is 8.50. The Hall–Kier alpha value is -0.890. The van der Waals surface area contributed by atoms with Gasteiger partial charge in [0.2, 0.25) is 0 Å². The predicted molar refractivity (Wildman–Crippen MR) is 110 cm³/mol. The highest BCUT2D eigenvalue weighted by Crippen LogP contribution is 2.10. The minimum Gasteiger partial charge on any atom is -0.356 e. The number of halogens is 2. The third kappa shape index (κ3) is 6.93. The van der Waals surface area contributed by atoms with Crippen LogP contribution in [0.3, 0.4) is 0 Å². The molecular weight excluding hydrogens is 418 g/mol. The quantitative estimate of drug-likeness (QED) is 0.399. The van der Waals surface area contributed by atoms with Gasteiger partial charge in [-0.25, -0.2) is 4.39 Å². The van der Waals surface area contributed by atoms with Crippen LogP contribution in [0.4, 0.5) is 4.39 Å². The van der Waals surface area contributed by atoms with Gasteiger partial charge in [-0.1, -0.05) is 19.1 Å². The second-order valence-corrected chi connectivity index (χ2v) is 6.50. The number of aryl methyl sites for hydroxylation is 1. The Morgan fingerprint density at radius 1 is 1.29 bits per heavy atom. The predicted octanol–water partition coefficient (Wildman–Crippen LogP) is 3.15. The Morgan fingerprint density at radius 3 is 2.62 bits per heavy atom. The molecule has 1 unspecified atom stereocenters. The molecule has 1 fully saturated rings. The Bertz CT molecular complexity index is 530. The fraction of sp³-hybridized carbons (Fsp3) is 0.611. The third-order valence-electron chi connectivity index (χ3n) is 4.31. The smallest absolute Gasteiger partial charge is 0.191 e. The zero-order valence-electron chi connectivity index (χ0n) is 14.9. The molecule has 6 heteroatoms. The molecule has 1 aliphatic rings. The highest BCUT2D eigenvalue weighted by molar-refractivity contribution is 14.0. The van der Waals surface area contributed by atoms with Gasteiger partial charge in [0.15, 0.2) is 5.96 Å². The fourth-order valence-corrected chi connectivity index (χ4v) is 2.89. The lowest BCUT2D eigenvalue weighted by molar-refractivity contribution is 0.287. The molecule has 0 saturated carbocycles. The van der Waals surface area contributed by atoms with E-state index in [4.69, 9.17) is 0 Å². The molecule has 136 valence electrons. The molecule has 0 bridgehead atoms. The number of likely N-dealkylation sites (tertiary alicyclic amines) is 1. The molecule has 1 aromatic carbocycles. The van der Waals surface area contributed by atoms with Gasteiger partial charge >= 0.3 is 0 Å². The van der Waals surface area contributed by atoms with Gasteiger partial charge in [-0.2, -0.15) is 0 Å². The number of hydrogen-bond acceptors (Lipinski definition) is 2. The summed E-state index contributed by atoms with van der Waals surface area (Å²) in [5, 5.41) is 6.60. The van der Waals surface area contributed by atoms with Crippen LogP contribution in [0.15, 0.2) is 23.2 Å². The molecule has 0 amide bonds. The number of nitrogens with zero attached hydrogens (tertiary/aromatic N) is 2. The molecule has 1 saturated heterocycles. The first-order valence-electron chi connectivity index (χ1n) is 8.50. The monoisotopic (exact) mass is 448 g/mol. The van der Waals surface area contributed by atoms with Gasteiger partial charge in [0, 0.05) is 26.7 Å². The molecule has 0 aromatic heterocycles. The molecule has 24 heavy (non-hydrogen) atoms.